The van der Waals surface area contributed by atoms with Crippen LogP contribution >= 0.6 is 11.3 Å². The van der Waals surface area contributed by atoms with Gasteiger partial charge in [-0.25, -0.2) is 4.98 Å². The molecule has 21 heavy (non-hydrogen) atoms. The molecule has 1 N–H and O–H groups in total. The molecule has 3 heteroatoms. The van der Waals surface area contributed by atoms with Crippen molar-refractivity contribution < 1.29 is 0 Å². The molecule has 1 fully saturated rings. The zero-order valence-corrected chi connectivity index (χ0v) is 14.0. The predicted octanol–water partition coefficient (Wildman–Crippen LogP) is 4.88. The zero-order chi connectivity index (χ0) is 14.8. The molecular weight excluding hydrogens is 276 g/mol. The first-order valence-corrected chi connectivity index (χ1v) is 8.79. The number of thiazole rings is 1. The van der Waals surface area contributed by atoms with Gasteiger partial charge in [0.05, 0.1) is 5.69 Å². The molecule has 0 bridgehead atoms. The molecule has 0 aliphatic heterocycles. The van der Waals surface area contributed by atoms with E-state index in [-0.39, 0.29) is 0 Å². The molecule has 0 amide bonds. The molecule has 1 aliphatic rings. The van der Waals surface area contributed by atoms with E-state index < -0.39 is 0 Å². The van der Waals surface area contributed by atoms with E-state index in [4.69, 9.17) is 4.98 Å². The third kappa shape index (κ3) is 3.53. The van der Waals surface area contributed by atoms with Gasteiger partial charge >= 0.3 is 0 Å². The summed E-state index contributed by atoms with van der Waals surface area (Å²) in [5, 5.41) is 4.80. The molecule has 0 spiro atoms. The van der Waals surface area contributed by atoms with Gasteiger partial charge in [-0.05, 0) is 39.2 Å². The van der Waals surface area contributed by atoms with Gasteiger partial charge in [-0.3, -0.25) is 0 Å². The molecule has 1 aromatic heterocycles. The molecule has 2 nitrogen and oxygen atoms in total. The van der Waals surface area contributed by atoms with E-state index in [1.54, 1.807) is 0 Å². The van der Waals surface area contributed by atoms with E-state index in [2.05, 4.69) is 50.4 Å². The van der Waals surface area contributed by atoms with Gasteiger partial charge in [0.25, 0.3) is 0 Å². The number of hydrogen-bond donors (Lipinski definition) is 1. The van der Waals surface area contributed by atoms with Crippen molar-refractivity contribution in [1.82, 2.24) is 10.3 Å². The number of benzene rings is 1. The Bertz CT molecular complexity index is 613. The first-order valence-electron chi connectivity index (χ1n) is 7.97. The fourth-order valence-corrected chi connectivity index (χ4v) is 3.57. The average Bonchev–Trinajstić information content (AvgIpc) is 3.24. The first kappa shape index (κ1) is 14.7. The number of nitrogens with zero attached hydrogens (tertiary/aromatic N) is 1. The maximum atomic E-state index is 4.97. The van der Waals surface area contributed by atoms with Crippen LogP contribution in [0.2, 0.25) is 0 Å². The van der Waals surface area contributed by atoms with Crippen LogP contribution in [0.15, 0.2) is 24.3 Å². The molecule has 1 atom stereocenters. The summed E-state index contributed by atoms with van der Waals surface area (Å²) in [7, 11) is 0. The highest BCUT2D eigenvalue weighted by atomic mass is 32.1. The highest BCUT2D eigenvalue weighted by molar-refractivity contribution is 7.15. The number of nitrogens with one attached hydrogen (secondary N) is 1. The lowest BCUT2D eigenvalue weighted by molar-refractivity contribution is 0.535. The van der Waals surface area contributed by atoms with Crippen molar-refractivity contribution in [1.29, 1.82) is 0 Å². The molecule has 1 aliphatic carbocycles. The summed E-state index contributed by atoms with van der Waals surface area (Å²) in [5.74, 6) is 0.716. The van der Waals surface area contributed by atoms with E-state index in [1.807, 2.05) is 11.3 Å². The summed E-state index contributed by atoms with van der Waals surface area (Å²) < 4.78 is 0. The van der Waals surface area contributed by atoms with Crippen LogP contribution in [0.25, 0.3) is 10.6 Å². The Hall–Kier alpha value is -1.19. The van der Waals surface area contributed by atoms with Crippen LogP contribution in [0, 0.1) is 6.92 Å². The van der Waals surface area contributed by atoms with E-state index >= 15 is 0 Å². The number of rotatable bonds is 6. The monoisotopic (exact) mass is 300 g/mol. The van der Waals surface area contributed by atoms with Crippen molar-refractivity contribution in [2.45, 2.75) is 58.5 Å². The van der Waals surface area contributed by atoms with Crippen LogP contribution in [-0.2, 0) is 6.54 Å². The van der Waals surface area contributed by atoms with Gasteiger partial charge < -0.3 is 5.32 Å². The molecule has 0 saturated heterocycles. The van der Waals surface area contributed by atoms with E-state index in [0.29, 0.717) is 12.0 Å². The summed E-state index contributed by atoms with van der Waals surface area (Å²) >= 11 is 1.87. The summed E-state index contributed by atoms with van der Waals surface area (Å²) in [6, 6.07) is 9.25. The summed E-state index contributed by atoms with van der Waals surface area (Å²) in [6.45, 7) is 7.58. The van der Waals surface area contributed by atoms with Crippen molar-refractivity contribution in [2.24, 2.45) is 0 Å². The third-order valence-electron chi connectivity index (χ3n) is 4.18. The van der Waals surface area contributed by atoms with E-state index in [9.17, 15) is 0 Å². The Morgan fingerprint density at radius 3 is 2.86 bits per heavy atom. The van der Waals surface area contributed by atoms with Gasteiger partial charge in [0, 0.05) is 28.9 Å². The third-order valence-corrected chi connectivity index (χ3v) is 5.30. The van der Waals surface area contributed by atoms with Crippen LogP contribution in [0.1, 0.15) is 55.2 Å². The zero-order valence-electron chi connectivity index (χ0n) is 13.1. The molecule has 3 rings (SSSR count). The molecule has 1 unspecified atom stereocenters. The Labute approximate surface area is 131 Å². The van der Waals surface area contributed by atoms with Gasteiger partial charge in [-0.2, -0.15) is 0 Å². The predicted molar refractivity (Wildman–Crippen MR) is 90.9 cm³/mol. The maximum Gasteiger partial charge on any atom is 0.123 e. The molecule has 1 saturated carbocycles. The standard InChI is InChI=1S/C18H24N2S/c1-4-13(3)19-11-16-17(14-8-9-14)20-18(21-16)15-7-5-6-12(2)10-15/h5-7,10,13-14,19H,4,8-9,11H2,1-3H3. The summed E-state index contributed by atoms with van der Waals surface area (Å²) in [6.07, 6.45) is 3.79. The van der Waals surface area contributed by atoms with Crippen molar-refractivity contribution in [3.05, 3.63) is 40.4 Å². The van der Waals surface area contributed by atoms with Gasteiger partial charge in [-0.1, -0.05) is 30.7 Å². The van der Waals surface area contributed by atoms with Crippen molar-refractivity contribution in [3.63, 3.8) is 0 Å². The Balaban J connectivity index is 1.85. The first-order chi connectivity index (χ1) is 10.2. The molecule has 1 heterocycles. The van der Waals surface area contributed by atoms with Crippen molar-refractivity contribution in [2.75, 3.05) is 0 Å². The largest absolute Gasteiger partial charge is 0.309 e. The van der Waals surface area contributed by atoms with Crippen LogP contribution in [0.3, 0.4) is 0 Å². The summed E-state index contributed by atoms with van der Waals surface area (Å²) in [5.41, 5.74) is 3.92. The lowest BCUT2D eigenvalue weighted by Gasteiger charge is -2.10. The van der Waals surface area contributed by atoms with Gasteiger partial charge in [0.2, 0.25) is 0 Å². The maximum absolute atomic E-state index is 4.97. The second-order valence-electron chi connectivity index (χ2n) is 6.16. The van der Waals surface area contributed by atoms with Crippen LogP contribution in [0.4, 0.5) is 0 Å². The normalized spacial score (nSPS) is 16.1. The van der Waals surface area contributed by atoms with Crippen LogP contribution < -0.4 is 5.32 Å². The second-order valence-corrected chi connectivity index (χ2v) is 7.25. The van der Waals surface area contributed by atoms with Gasteiger partial charge in [0.15, 0.2) is 0 Å². The van der Waals surface area contributed by atoms with Gasteiger partial charge in [0.1, 0.15) is 5.01 Å². The minimum absolute atomic E-state index is 0.571. The van der Waals surface area contributed by atoms with Crippen molar-refractivity contribution >= 4 is 11.3 Å². The van der Waals surface area contributed by atoms with E-state index in [1.165, 1.54) is 46.0 Å². The SMILES string of the molecule is CCC(C)NCc1sc(-c2cccc(C)c2)nc1C1CC1. The summed E-state index contributed by atoms with van der Waals surface area (Å²) in [4.78, 5) is 6.41. The fourth-order valence-electron chi connectivity index (χ4n) is 2.48. The Morgan fingerprint density at radius 2 is 2.19 bits per heavy atom. The molecule has 2 aromatic rings. The number of hydrogen-bond acceptors (Lipinski definition) is 3. The van der Waals surface area contributed by atoms with Crippen molar-refractivity contribution in [3.8, 4) is 10.6 Å². The molecule has 112 valence electrons. The minimum atomic E-state index is 0.571. The van der Waals surface area contributed by atoms with E-state index in [0.717, 1.165) is 6.54 Å². The second kappa shape index (κ2) is 6.29. The fraction of sp³-hybridized carbons (Fsp3) is 0.500. The Morgan fingerprint density at radius 1 is 1.38 bits per heavy atom. The van der Waals surface area contributed by atoms with Crippen LogP contribution in [0.5, 0.6) is 0 Å². The Kier molecular flexibility index (Phi) is 4.41. The lowest BCUT2D eigenvalue weighted by atomic mass is 10.1. The lowest BCUT2D eigenvalue weighted by Crippen LogP contribution is -2.24. The highest BCUT2D eigenvalue weighted by Crippen LogP contribution is 2.44. The molecule has 1 aromatic carbocycles. The van der Waals surface area contributed by atoms with Crippen LogP contribution in [-0.4, -0.2) is 11.0 Å². The van der Waals surface area contributed by atoms with Gasteiger partial charge in [-0.15, -0.1) is 11.3 Å². The minimum Gasteiger partial charge on any atom is -0.309 e. The molecule has 0 radical (unpaired) electrons. The smallest absolute Gasteiger partial charge is 0.123 e. The molecular formula is C18H24N2S. The highest BCUT2D eigenvalue weighted by Gasteiger charge is 2.29. The number of aryl methyl sites for hydroxylation is 1. The average molecular weight is 300 g/mol. The topological polar surface area (TPSA) is 24.9 Å². The number of aromatic nitrogens is 1. The quantitative estimate of drug-likeness (QED) is 0.822.